The van der Waals surface area contributed by atoms with Crippen LogP contribution in [0.2, 0.25) is 0 Å². The van der Waals surface area contributed by atoms with E-state index in [-0.39, 0.29) is 0 Å². The summed E-state index contributed by atoms with van der Waals surface area (Å²) in [6, 6.07) is 8.35. The lowest BCUT2D eigenvalue weighted by molar-refractivity contribution is 0.414. The van der Waals surface area contributed by atoms with Crippen molar-refractivity contribution in [3.8, 4) is 5.75 Å². The number of hydrogen-bond donors (Lipinski definition) is 0. The van der Waals surface area contributed by atoms with Gasteiger partial charge in [0.15, 0.2) is 0 Å². The number of aryl methyl sites for hydroxylation is 1. The van der Waals surface area contributed by atoms with Crippen molar-refractivity contribution in [1.29, 1.82) is 0 Å². The van der Waals surface area contributed by atoms with Crippen LogP contribution in [0.1, 0.15) is 18.9 Å². The van der Waals surface area contributed by atoms with E-state index >= 15 is 0 Å². The van der Waals surface area contributed by atoms with E-state index in [2.05, 4.69) is 31.6 Å². The summed E-state index contributed by atoms with van der Waals surface area (Å²) in [5.74, 6) is 2.17. The lowest BCUT2D eigenvalue weighted by Gasteiger charge is -2.36. The number of hydrogen-bond acceptors (Lipinski definition) is 1. The summed E-state index contributed by atoms with van der Waals surface area (Å²) < 4.78 is 5.15. The summed E-state index contributed by atoms with van der Waals surface area (Å²) >= 11 is 0. The highest BCUT2D eigenvalue weighted by atomic mass is 32.3. The van der Waals surface area contributed by atoms with Crippen LogP contribution in [0.4, 0.5) is 0 Å². The average molecular weight is 250 g/mol. The first kappa shape index (κ1) is 14.5. The highest BCUT2D eigenvalue weighted by molar-refractivity contribution is 8.33. The van der Waals surface area contributed by atoms with Gasteiger partial charge in [0.05, 0.1) is 15.0 Å². The second-order valence-electron chi connectivity index (χ2n) is 4.98. The minimum atomic E-state index is -0.628. The predicted octanol–water partition coefficient (Wildman–Crippen LogP) is 3.21. The lowest BCUT2D eigenvalue weighted by Crippen LogP contribution is -2.16. The molecule has 2 radical (unpaired) electrons. The molecule has 1 unspecified atom stereocenters. The van der Waals surface area contributed by atoms with Gasteiger partial charge in [0.1, 0.15) is 5.75 Å². The van der Waals surface area contributed by atoms with Gasteiger partial charge in [0.25, 0.3) is 0 Å². The van der Waals surface area contributed by atoms with Gasteiger partial charge in [0, 0.05) is 0 Å². The molecular weight excluding hydrogens is 227 g/mol. The Bertz CT molecular complexity index is 333. The van der Waals surface area contributed by atoms with E-state index in [0.29, 0.717) is 5.15 Å². The van der Waals surface area contributed by atoms with Crippen molar-refractivity contribution in [3.05, 3.63) is 29.8 Å². The number of benzene rings is 1. The van der Waals surface area contributed by atoms with Gasteiger partial charge in [-0.3, -0.25) is 10.0 Å². The molecule has 0 heterocycles. The van der Waals surface area contributed by atoms with Gasteiger partial charge in [-0.2, -0.15) is 0 Å². The maximum absolute atomic E-state index is 6.01. The second kappa shape index (κ2) is 6.39. The molecule has 0 aromatic heterocycles. The minimum absolute atomic E-state index is 0.332. The average Bonchev–Trinajstić information content (AvgIpc) is 2.29. The Morgan fingerprint density at radius 1 is 1.24 bits per heavy atom. The standard InChI is InChI=1S/C14H23BOS/c1-12(15)17(3,4)11-5-6-13-7-9-14(16-2)10-8-13/h7-10,12H,5-6,11H2,1-4H3. The Kier molecular flexibility index (Phi) is 5.45. The Morgan fingerprint density at radius 3 is 2.29 bits per heavy atom. The predicted molar refractivity (Wildman–Crippen MR) is 80.8 cm³/mol. The fourth-order valence-electron chi connectivity index (χ4n) is 1.63. The SMILES string of the molecule is [B]C(C)S(C)(C)CCCc1ccc(OC)cc1. The number of rotatable bonds is 6. The highest BCUT2D eigenvalue weighted by Crippen LogP contribution is 2.44. The summed E-state index contributed by atoms with van der Waals surface area (Å²) in [5.41, 5.74) is 1.38. The van der Waals surface area contributed by atoms with Crippen LogP contribution in [0.15, 0.2) is 24.3 Å². The van der Waals surface area contributed by atoms with Crippen LogP contribution < -0.4 is 4.74 Å². The van der Waals surface area contributed by atoms with Gasteiger partial charge >= 0.3 is 0 Å². The van der Waals surface area contributed by atoms with Gasteiger partial charge in [-0.1, -0.05) is 24.2 Å². The molecule has 0 N–H and O–H groups in total. The van der Waals surface area contributed by atoms with Crippen LogP contribution in [-0.4, -0.2) is 38.4 Å². The van der Waals surface area contributed by atoms with Gasteiger partial charge in [-0.15, -0.1) is 0 Å². The molecule has 1 atom stereocenters. The Balaban J connectivity index is 2.40. The van der Waals surface area contributed by atoms with E-state index in [1.807, 2.05) is 12.1 Å². The van der Waals surface area contributed by atoms with E-state index in [0.717, 1.165) is 12.2 Å². The zero-order chi connectivity index (χ0) is 12.9. The molecule has 0 aliphatic heterocycles. The van der Waals surface area contributed by atoms with Crippen LogP contribution in [0, 0.1) is 0 Å². The topological polar surface area (TPSA) is 9.23 Å². The molecule has 0 amide bonds. The van der Waals surface area contributed by atoms with Crippen LogP contribution in [0.3, 0.4) is 0 Å². The molecule has 0 fully saturated rings. The summed E-state index contributed by atoms with van der Waals surface area (Å²) in [4.78, 5) is 0. The molecule has 3 heteroatoms. The van der Waals surface area contributed by atoms with Crippen molar-refractivity contribution in [2.45, 2.75) is 24.9 Å². The molecule has 0 aliphatic rings. The highest BCUT2D eigenvalue weighted by Gasteiger charge is 2.15. The Hall–Kier alpha value is -0.565. The van der Waals surface area contributed by atoms with E-state index in [1.54, 1.807) is 7.11 Å². The van der Waals surface area contributed by atoms with Crippen LogP contribution in [0.5, 0.6) is 5.75 Å². The van der Waals surface area contributed by atoms with Crippen molar-refractivity contribution >= 4 is 17.9 Å². The first-order valence-electron chi connectivity index (χ1n) is 6.04. The first-order valence-corrected chi connectivity index (χ1v) is 8.72. The van der Waals surface area contributed by atoms with Crippen LogP contribution in [-0.2, 0) is 6.42 Å². The molecule has 1 aromatic rings. The van der Waals surface area contributed by atoms with E-state index in [4.69, 9.17) is 12.6 Å². The number of methoxy groups -OCH3 is 1. The zero-order valence-corrected chi connectivity index (χ0v) is 12.2. The lowest BCUT2D eigenvalue weighted by atomic mass is 10.1. The summed E-state index contributed by atoms with van der Waals surface area (Å²) in [5, 5.41) is 0.332. The third kappa shape index (κ3) is 4.67. The second-order valence-corrected chi connectivity index (χ2v) is 9.38. The molecule has 1 rings (SSSR count). The van der Waals surface area contributed by atoms with Crippen molar-refractivity contribution in [2.75, 3.05) is 25.4 Å². The van der Waals surface area contributed by atoms with Crippen molar-refractivity contribution < 1.29 is 4.74 Å². The molecule has 1 aromatic carbocycles. The van der Waals surface area contributed by atoms with Crippen molar-refractivity contribution in [2.24, 2.45) is 0 Å². The first-order chi connectivity index (χ1) is 7.95. The maximum atomic E-state index is 6.01. The van der Waals surface area contributed by atoms with Gasteiger partial charge in [0.2, 0.25) is 0 Å². The van der Waals surface area contributed by atoms with E-state index in [9.17, 15) is 0 Å². The quantitative estimate of drug-likeness (QED) is 0.704. The number of ether oxygens (including phenoxy) is 1. The Morgan fingerprint density at radius 2 is 1.82 bits per heavy atom. The van der Waals surface area contributed by atoms with E-state index in [1.165, 1.54) is 17.7 Å². The van der Waals surface area contributed by atoms with Gasteiger partial charge in [-0.25, -0.2) is 0 Å². The molecule has 0 aliphatic carbocycles. The molecule has 0 spiro atoms. The molecule has 0 saturated carbocycles. The third-order valence-electron chi connectivity index (χ3n) is 3.30. The summed E-state index contributed by atoms with van der Waals surface area (Å²) in [7, 11) is 7.08. The minimum Gasteiger partial charge on any atom is -0.497 e. The molecular formula is C14H23BOS. The Labute approximate surface area is 109 Å². The summed E-state index contributed by atoms with van der Waals surface area (Å²) in [6.07, 6.45) is 7.00. The largest absolute Gasteiger partial charge is 0.497 e. The van der Waals surface area contributed by atoms with Crippen molar-refractivity contribution in [3.63, 3.8) is 0 Å². The monoisotopic (exact) mass is 250 g/mol. The molecule has 17 heavy (non-hydrogen) atoms. The van der Waals surface area contributed by atoms with Crippen LogP contribution in [0.25, 0.3) is 0 Å². The van der Waals surface area contributed by atoms with Crippen LogP contribution >= 0.6 is 10.0 Å². The molecule has 0 saturated heterocycles. The van der Waals surface area contributed by atoms with Crippen molar-refractivity contribution in [1.82, 2.24) is 0 Å². The summed E-state index contributed by atoms with van der Waals surface area (Å²) in [6.45, 7) is 2.13. The van der Waals surface area contributed by atoms with E-state index < -0.39 is 10.0 Å². The molecule has 94 valence electrons. The van der Waals surface area contributed by atoms with Gasteiger partial charge < -0.3 is 4.74 Å². The zero-order valence-electron chi connectivity index (χ0n) is 11.4. The normalized spacial score (nSPS) is 14.4. The smallest absolute Gasteiger partial charge is 0.118 e. The molecule has 0 bridgehead atoms. The third-order valence-corrected chi connectivity index (χ3v) is 6.66. The fraction of sp³-hybridized carbons (Fsp3) is 0.571. The van der Waals surface area contributed by atoms with Gasteiger partial charge in [-0.05, 0) is 48.8 Å². The fourth-order valence-corrected chi connectivity index (χ4v) is 2.89. The molecule has 1 nitrogen and oxygen atoms in total. The maximum Gasteiger partial charge on any atom is 0.118 e.